The molecule has 1 amide bonds. The summed E-state index contributed by atoms with van der Waals surface area (Å²) >= 11 is 0. The third kappa shape index (κ3) is 5.73. The molecule has 2 atom stereocenters. The molecule has 1 aromatic rings. The van der Waals surface area contributed by atoms with Crippen LogP contribution in [0.25, 0.3) is 0 Å². The van der Waals surface area contributed by atoms with Gasteiger partial charge in [0.1, 0.15) is 0 Å². The Kier molecular flexibility index (Phi) is 7.03. The molecule has 4 heteroatoms. The number of piperidine rings is 2. The van der Waals surface area contributed by atoms with Crippen LogP contribution in [0.2, 0.25) is 0 Å². The van der Waals surface area contributed by atoms with E-state index in [2.05, 4.69) is 67.5 Å². The Morgan fingerprint density at radius 3 is 2.43 bits per heavy atom. The van der Waals surface area contributed by atoms with Gasteiger partial charge in [0.2, 0.25) is 5.91 Å². The Morgan fingerprint density at radius 2 is 1.86 bits per heavy atom. The summed E-state index contributed by atoms with van der Waals surface area (Å²) in [6, 6.07) is 9.34. The standard InChI is InChI=1S/C24H39N3O/c1-18(19-6-5-13-25-17-19)16-23(28)26-21-11-14-27(15-12-21)22-9-7-20(8-10-22)24(2,3)4/h7-10,18-19,21,25H,5-6,11-17H2,1-4H3,(H,26,28). The zero-order valence-corrected chi connectivity index (χ0v) is 18.3. The van der Waals surface area contributed by atoms with E-state index in [1.807, 2.05) is 0 Å². The highest BCUT2D eigenvalue weighted by atomic mass is 16.1. The van der Waals surface area contributed by atoms with E-state index in [4.69, 9.17) is 0 Å². The minimum atomic E-state index is 0.195. The second-order valence-electron chi connectivity index (χ2n) is 9.91. The van der Waals surface area contributed by atoms with E-state index in [1.165, 1.54) is 24.1 Å². The summed E-state index contributed by atoms with van der Waals surface area (Å²) in [6.07, 6.45) is 5.23. The van der Waals surface area contributed by atoms with Crippen LogP contribution < -0.4 is 15.5 Å². The van der Waals surface area contributed by atoms with Crippen molar-refractivity contribution in [3.63, 3.8) is 0 Å². The third-order valence-electron chi connectivity index (χ3n) is 6.61. The Morgan fingerprint density at radius 1 is 1.18 bits per heavy atom. The molecule has 2 aliphatic rings. The van der Waals surface area contributed by atoms with E-state index >= 15 is 0 Å². The van der Waals surface area contributed by atoms with Crippen molar-refractivity contribution in [3.8, 4) is 0 Å². The summed E-state index contributed by atoms with van der Waals surface area (Å²) < 4.78 is 0. The molecule has 28 heavy (non-hydrogen) atoms. The van der Waals surface area contributed by atoms with Gasteiger partial charge in [-0.25, -0.2) is 0 Å². The number of carbonyl (C=O) groups excluding carboxylic acids is 1. The molecule has 0 spiro atoms. The van der Waals surface area contributed by atoms with Gasteiger partial charge < -0.3 is 15.5 Å². The summed E-state index contributed by atoms with van der Waals surface area (Å²) in [6.45, 7) is 13.2. The van der Waals surface area contributed by atoms with Crippen molar-refractivity contribution in [2.45, 2.75) is 71.3 Å². The summed E-state index contributed by atoms with van der Waals surface area (Å²) in [5, 5.41) is 6.77. The van der Waals surface area contributed by atoms with Gasteiger partial charge in [-0.3, -0.25) is 4.79 Å². The van der Waals surface area contributed by atoms with Crippen LogP contribution in [0.15, 0.2) is 24.3 Å². The van der Waals surface area contributed by atoms with Gasteiger partial charge in [-0.15, -0.1) is 0 Å². The molecule has 1 aromatic carbocycles. The van der Waals surface area contributed by atoms with Crippen LogP contribution in [-0.2, 0) is 10.2 Å². The van der Waals surface area contributed by atoms with Crippen LogP contribution in [0.5, 0.6) is 0 Å². The predicted octanol–water partition coefficient (Wildman–Crippen LogP) is 4.09. The van der Waals surface area contributed by atoms with Gasteiger partial charge in [0.05, 0.1) is 0 Å². The lowest BCUT2D eigenvalue weighted by atomic mass is 9.85. The lowest BCUT2D eigenvalue weighted by Gasteiger charge is -2.35. The van der Waals surface area contributed by atoms with Gasteiger partial charge in [0.15, 0.2) is 0 Å². The normalized spacial score (nSPS) is 22.7. The maximum absolute atomic E-state index is 12.5. The number of amides is 1. The molecule has 2 unspecified atom stereocenters. The van der Waals surface area contributed by atoms with Crippen LogP contribution in [-0.4, -0.2) is 38.1 Å². The van der Waals surface area contributed by atoms with Crippen molar-refractivity contribution in [2.75, 3.05) is 31.1 Å². The van der Waals surface area contributed by atoms with Crippen LogP contribution in [0.1, 0.15) is 65.4 Å². The average molecular weight is 386 g/mol. The first-order valence-electron chi connectivity index (χ1n) is 11.2. The minimum Gasteiger partial charge on any atom is -0.371 e. The Labute approximate surface area is 171 Å². The van der Waals surface area contributed by atoms with E-state index in [1.54, 1.807) is 0 Å². The number of nitrogens with zero attached hydrogens (tertiary/aromatic N) is 1. The number of nitrogens with one attached hydrogen (secondary N) is 2. The van der Waals surface area contributed by atoms with Crippen molar-refractivity contribution in [1.82, 2.24) is 10.6 Å². The first-order chi connectivity index (χ1) is 13.3. The highest BCUT2D eigenvalue weighted by Gasteiger charge is 2.25. The molecule has 2 fully saturated rings. The molecular weight excluding hydrogens is 346 g/mol. The largest absolute Gasteiger partial charge is 0.371 e. The SMILES string of the molecule is CC(CC(=O)NC1CCN(c2ccc(C(C)(C)C)cc2)CC1)C1CCCNC1. The molecule has 2 aliphatic heterocycles. The fraction of sp³-hybridized carbons (Fsp3) is 0.708. The van der Waals surface area contributed by atoms with Gasteiger partial charge in [-0.05, 0) is 73.7 Å². The van der Waals surface area contributed by atoms with Crippen molar-refractivity contribution in [3.05, 3.63) is 29.8 Å². The second-order valence-corrected chi connectivity index (χ2v) is 9.91. The van der Waals surface area contributed by atoms with Gasteiger partial charge in [-0.1, -0.05) is 39.8 Å². The molecule has 0 radical (unpaired) electrons. The van der Waals surface area contributed by atoms with Crippen LogP contribution in [0.3, 0.4) is 0 Å². The molecule has 2 heterocycles. The van der Waals surface area contributed by atoms with E-state index in [-0.39, 0.29) is 11.3 Å². The second kappa shape index (κ2) is 9.30. The lowest BCUT2D eigenvalue weighted by Crippen LogP contribution is -2.45. The Bertz CT molecular complexity index is 620. The van der Waals surface area contributed by atoms with Crippen molar-refractivity contribution < 1.29 is 4.79 Å². The molecule has 2 N–H and O–H groups in total. The maximum Gasteiger partial charge on any atom is 0.220 e. The molecule has 4 nitrogen and oxygen atoms in total. The van der Waals surface area contributed by atoms with E-state index < -0.39 is 0 Å². The van der Waals surface area contributed by atoms with Gasteiger partial charge in [0, 0.05) is 31.2 Å². The summed E-state index contributed by atoms with van der Waals surface area (Å²) in [7, 11) is 0. The molecular formula is C24H39N3O. The predicted molar refractivity (Wildman–Crippen MR) is 118 cm³/mol. The Hall–Kier alpha value is -1.55. The number of carbonyl (C=O) groups is 1. The topological polar surface area (TPSA) is 44.4 Å². The van der Waals surface area contributed by atoms with Gasteiger partial charge in [0.25, 0.3) is 0 Å². The zero-order chi connectivity index (χ0) is 20.1. The van der Waals surface area contributed by atoms with E-state index in [0.29, 0.717) is 24.3 Å². The highest BCUT2D eigenvalue weighted by Crippen LogP contribution is 2.27. The van der Waals surface area contributed by atoms with Crippen LogP contribution >= 0.6 is 0 Å². The molecule has 2 saturated heterocycles. The third-order valence-corrected chi connectivity index (χ3v) is 6.61. The van der Waals surface area contributed by atoms with Crippen molar-refractivity contribution >= 4 is 11.6 Å². The average Bonchev–Trinajstić information content (AvgIpc) is 2.68. The summed E-state index contributed by atoms with van der Waals surface area (Å²) in [4.78, 5) is 15.0. The fourth-order valence-electron chi connectivity index (χ4n) is 4.56. The molecule has 0 aliphatic carbocycles. The Balaban J connectivity index is 1.43. The first kappa shape index (κ1) is 21.2. The highest BCUT2D eigenvalue weighted by molar-refractivity contribution is 5.76. The number of hydrogen-bond donors (Lipinski definition) is 2. The number of benzene rings is 1. The lowest BCUT2D eigenvalue weighted by molar-refractivity contribution is -0.123. The van der Waals surface area contributed by atoms with Crippen LogP contribution in [0.4, 0.5) is 5.69 Å². The number of rotatable bonds is 5. The van der Waals surface area contributed by atoms with Crippen molar-refractivity contribution in [1.29, 1.82) is 0 Å². The fourth-order valence-corrected chi connectivity index (χ4v) is 4.56. The smallest absolute Gasteiger partial charge is 0.220 e. The van der Waals surface area contributed by atoms with Gasteiger partial charge in [-0.2, -0.15) is 0 Å². The number of hydrogen-bond acceptors (Lipinski definition) is 3. The number of anilines is 1. The molecule has 3 rings (SSSR count). The van der Waals surface area contributed by atoms with Crippen molar-refractivity contribution in [2.24, 2.45) is 11.8 Å². The zero-order valence-electron chi connectivity index (χ0n) is 18.3. The van der Waals surface area contributed by atoms with Crippen LogP contribution in [0, 0.1) is 11.8 Å². The van der Waals surface area contributed by atoms with E-state index in [0.717, 1.165) is 39.0 Å². The van der Waals surface area contributed by atoms with E-state index in [9.17, 15) is 4.79 Å². The summed E-state index contributed by atoms with van der Waals surface area (Å²) in [5.74, 6) is 1.36. The quantitative estimate of drug-likeness (QED) is 0.802. The minimum absolute atomic E-state index is 0.195. The molecule has 156 valence electrons. The summed E-state index contributed by atoms with van der Waals surface area (Å²) in [5.41, 5.74) is 2.87. The maximum atomic E-state index is 12.5. The molecule has 0 bridgehead atoms. The monoisotopic (exact) mass is 385 g/mol. The molecule has 0 saturated carbocycles. The van der Waals surface area contributed by atoms with Gasteiger partial charge >= 0.3 is 0 Å². The first-order valence-corrected chi connectivity index (χ1v) is 11.2. The molecule has 0 aromatic heterocycles.